The van der Waals surface area contributed by atoms with Crippen LogP contribution in [0.5, 0.6) is 0 Å². The van der Waals surface area contributed by atoms with Gasteiger partial charge in [0.15, 0.2) is 12.4 Å². The molecule has 0 unspecified atom stereocenters. The average Bonchev–Trinajstić information content (AvgIpc) is 3.13. The Morgan fingerprint density at radius 3 is 2.52 bits per heavy atom. The fourth-order valence-electron chi connectivity index (χ4n) is 2.11. The molecule has 25 heavy (non-hydrogen) atoms. The van der Waals surface area contributed by atoms with Crippen LogP contribution >= 0.6 is 11.6 Å². The molecule has 0 bridgehead atoms. The minimum absolute atomic E-state index is 0.00484. The summed E-state index contributed by atoms with van der Waals surface area (Å²) in [6.07, 6.45) is 1.42. The number of ketones is 1. The number of benzene rings is 1. The van der Waals surface area contributed by atoms with Crippen molar-refractivity contribution in [3.63, 3.8) is 0 Å². The van der Waals surface area contributed by atoms with Crippen molar-refractivity contribution in [2.45, 2.75) is 25.8 Å². The van der Waals surface area contributed by atoms with E-state index in [1.54, 1.807) is 43.3 Å². The van der Waals surface area contributed by atoms with Gasteiger partial charge in [0, 0.05) is 17.0 Å². The van der Waals surface area contributed by atoms with E-state index in [-0.39, 0.29) is 24.7 Å². The van der Waals surface area contributed by atoms with Crippen molar-refractivity contribution in [1.82, 2.24) is 5.32 Å². The Bertz CT molecular complexity index is 724. The summed E-state index contributed by atoms with van der Waals surface area (Å²) in [6.45, 7) is 1.35. The second-order valence-corrected chi connectivity index (χ2v) is 5.83. The van der Waals surface area contributed by atoms with Crippen molar-refractivity contribution in [3.05, 3.63) is 59.0 Å². The number of halogens is 1. The Morgan fingerprint density at radius 1 is 1.16 bits per heavy atom. The molecule has 1 atom stereocenters. The Labute approximate surface area is 150 Å². The van der Waals surface area contributed by atoms with Crippen molar-refractivity contribution < 1.29 is 23.5 Å². The maximum atomic E-state index is 11.9. The molecule has 2 aromatic rings. The first kappa shape index (κ1) is 18.7. The van der Waals surface area contributed by atoms with E-state index in [0.717, 1.165) is 0 Å². The molecule has 0 radical (unpaired) electrons. The highest BCUT2D eigenvalue weighted by atomic mass is 35.5. The van der Waals surface area contributed by atoms with Gasteiger partial charge in [-0.3, -0.25) is 14.4 Å². The van der Waals surface area contributed by atoms with E-state index in [1.807, 2.05) is 0 Å². The second kappa shape index (κ2) is 9.03. The summed E-state index contributed by atoms with van der Waals surface area (Å²) >= 11 is 5.75. The third kappa shape index (κ3) is 6.08. The summed E-state index contributed by atoms with van der Waals surface area (Å²) < 4.78 is 10.0. The van der Waals surface area contributed by atoms with Gasteiger partial charge >= 0.3 is 5.97 Å². The Morgan fingerprint density at radius 2 is 1.88 bits per heavy atom. The maximum Gasteiger partial charge on any atom is 0.306 e. The number of furan rings is 1. The molecule has 132 valence electrons. The number of amides is 1. The SMILES string of the molecule is C[C@H](NC(=O)COC(=O)CCC(=O)c1ccc(Cl)cc1)c1ccco1. The van der Waals surface area contributed by atoms with Crippen LogP contribution in [0.2, 0.25) is 5.02 Å². The van der Waals surface area contributed by atoms with Crippen molar-refractivity contribution in [1.29, 1.82) is 0 Å². The number of esters is 1. The zero-order valence-corrected chi connectivity index (χ0v) is 14.4. The topological polar surface area (TPSA) is 85.6 Å². The molecule has 0 saturated carbocycles. The van der Waals surface area contributed by atoms with Gasteiger partial charge in [-0.15, -0.1) is 0 Å². The van der Waals surface area contributed by atoms with Crippen molar-refractivity contribution in [2.75, 3.05) is 6.61 Å². The molecule has 0 fully saturated rings. The molecule has 1 amide bonds. The molecule has 0 aliphatic rings. The zero-order chi connectivity index (χ0) is 18.2. The van der Waals surface area contributed by atoms with Crippen molar-refractivity contribution in [2.24, 2.45) is 0 Å². The number of hydrogen-bond acceptors (Lipinski definition) is 5. The van der Waals surface area contributed by atoms with Gasteiger partial charge in [-0.25, -0.2) is 0 Å². The van der Waals surface area contributed by atoms with Crippen molar-refractivity contribution >= 4 is 29.3 Å². The lowest BCUT2D eigenvalue weighted by molar-refractivity contribution is -0.148. The third-order valence-electron chi connectivity index (χ3n) is 3.43. The Kier molecular flexibility index (Phi) is 6.77. The molecule has 0 aliphatic heterocycles. The van der Waals surface area contributed by atoms with Crippen LogP contribution in [0, 0.1) is 0 Å². The van der Waals surface area contributed by atoms with Crippen LogP contribution < -0.4 is 5.32 Å². The van der Waals surface area contributed by atoms with Crippen LogP contribution in [-0.2, 0) is 14.3 Å². The van der Waals surface area contributed by atoms with Gasteiger partial charge < -0.3 is 14.5 Å². The average molecular weight is 364 g/mol. The predicted molar refractivity (Wildman–Crippen MR) is 91.2 cm³/mol. The van der Waals surface area contributed by atoms with Crippen LogP contribution in [0.3, 0.4) is 0 Å². The van der Waals surface area contributed by atoms with Gasteiger partial charge in [-0.1, -0.05) is 11.6 Å². The monoisotopic (exact) mass is 363 g/mol. The normalized spacial score (nSPS) is 11.6. The van der Waals surface area contributed by atoms with Gasteiger partial charge in [0.25, 0.3) is 5.91 Å². The molecule has 1 N–H and O–H groups in total. The quantitative estimate of drug-likeness (QED) is 0.574. The van der Waals surface area contributed by atoms with E-state index in [4.69, 9.17) is 20.8 Å². The van der Waals surface area contributed by atoms with E-state index in [2.05, 4.69) is 5.32 Å². The molecule has 1 aromatic carbocycles. The van der Waals surface area contributed by atoms with Gasteiger partial charge in [0.05, 0.1) is 18.7 Å². The highest BCUT2D eigenvalue weighted by Crippen LogP contribution is 2.13. The molecule has 6 nitrogen and oxygen atoms in total. The summed E-state index contributed by atoms with van der Waals surface area (Å²) in [5, 5.41) is 3.18. The predicted octanol–water partition coefficient (Wildman–Crippen LogP) is 3.32. The summed E-state index contributed by atoms with van der Waals surface area (Å²) in [6, 6.07) is 9.54. The second-order valence-electron chi connectivity index (χ2n) is 5.40. The number of ether oxygens (including phenoxy) is 1. The first-order valence-corrected chi connectivity index (χ1v) is 8.10. The molecule has 0 spiro atoms. The summed E-state index contributed by atoms with van der Waals surface area (Å²) in [7, 11) is 0. The van der Waals surface area contributed by atoms with E-state index < -0.39 is 18.5 Å². The first-order chi connectivity index (χ1) is 12.0. The van der Waals surface area contributed by atoms with Gasteiger partial charge in [-0.2, -0.15) is 0 Å². The lowest BCUT2D eigenvalue weighted by Gasteiger charge is -2.11. The maximum absolute atomic E-state index is 11.9. The number of hydrogen-bond donors (Lipinski definition) is 1. The van der Waals surface area contributed by atoms with E-state index in [9.17, 15) is 14.4 Å². The van der Waals surface area contributed by atoms with Crippen molar-refractivity contribution in [3.8, 4) is 0 Å². The van der Waals surface area contributed by atoms with E-state index in [1.165, 1.54) is 6.26 Å². The smallest absolute Gasteiger partial charge is 0.306 e. The highest BCUT2D eigenvalue weighted by Gasteiger charge is 2.15. The zero-order valence-electron chi connectivity index (χ0n) is 13.7. The minimum atomic E-state index is -0.608. The van der Waals surface area contributed by atoms with E-state index in [0.29, 0.717) is 16.3 Å². The summed E-state index contributed by atoms with van der Waals surface area (Å²) in [4.78, 5) is 35.3. The lowest BCUT2D eigenvalue weighted by Crippen LogP contribution is -2.31. The molecule has 2 rings (SSSR count). The molecule has 7 heteroatoms. The van der Waals surface area contributed by atoms with Crippen LogP contribution in [0.1, 0.15) is 41.9 Å². The largest absolute Gasteiger partial charge is 0.467 e. The standard InChI is InChI=1S/C18H18ClNO5/c1-12(16-3-2-10-24-16)20-17(22)11-25-18(23)9-8-15(21)13-4-6-14(19)7-5-13/h2-7,10,12H,8-9,11H2,1H3,(H,20,22)/t12-/m0/s1. The number of carbonyl (C=O) groups is 3. The lowest BCUT2D eigenvalue weighted by atomic mass is 10.1. The minimum Gasteiger partial charge on any atom is -0.467 e. The van der Waals surface area contributed by atoms with Gasteiger partial charge in [0.1, 0.15) is 5.76 Å². The van der Waals surface area contributed by atoms with Gasteiger partial charge in [0.2, 0.25) is 0 Å². The fraction of sp³-hybridized carbons (Fsp3) is 0.278. The summed E-state index contributed by atoms with van der Waals surface area (Å²) in [5.74, 6) is -0.637. The highest BCUT2D eigenvalue weighted by molar-refractivity contribution is 6.30. The van der Waals surface area contributed by atoms with Gasteiger partial charge in [-0.05, 0) is 43.3 Å². The van der Waals surface area contributed by atoms with Crippen LogP contribution in [0.15, 0.2) is 47.1 Å². The summed E-state index contributed by atoms with van der Waals surface area (Å²) in [5.41, 5.74) is 0.474. The number of Topliss-reactive ketones (excluding diaryl/α,β-unsaturated/α-hetero) is 1. The van der Waals surface area contributed by atoms with Crippen LogP contribution in [0.4, 0.5) is 0 Å². The molecular weight excluding hydrogens is 346 g/mol. The molecule has 1 aromatic heterocycles. The molecule has 0 saturated heterocycles. The number of carbonyl (C=O) groups excluding carboxylic acids is 3. The number of rotatable bonds is 8. The Hall–Kier alpha value is -2.60. The van der Waals surface area contributed by atoms with E-state index >= 15 is 0 Å². The first-order valence-electron chi connectivity index (χ1n) is 7.73. The van der Waals surface area contributed by atoms with Crippen LogP contribution in [-0.4, -0.2) is 24.3 Å². The van der Waals surface area contributed by atoms with Crippen LogP contribution in [0.25, 0.3) is 0 Å². The number of nitrogens with one attached hydrogen (secondary N) is 1. The fourth-order valence-corrected chi connectivity index (χ4v) is 2.23. The third-order valence-corrected chi connectivity index (χ3v) is 3.69. The molecule has 1 heterocycles. The molecule has 0 aliphatic carbocycles. The molecular formula is C18H18ClNO5. The Balaban J connectivity index is 1.68.